The molecule has 8 heteroatoms. The Morgan fingerprint density at radius 3 is 1.77 bits per heavy atom. The molecule has 31 heavy (non-hydrogen) atoms. The van der Waals surface area contributed by atoms with Crippen LogP contribution in [-0.4, -0.2) is 35.5 Å². The van der Waals surface area contributed by atoms with E-state index < -0.39 is 15.6 Å². The van der Waals surface area contributed by atoms with Gasteiger partial charge in [0.1, 0.15) is 0 Å². The number of hydrogen-bond acceptors (Lipinski definition) is 5. The number of methoxy groups -OCH3 is 3. The SMILES string of the molecule is COc1cc(C2=C(c3ccc(S(=O)(=O)C(F)F)cc3)CC3(CC3)C2)cc(OC)c1OC. The highest BCUT2D eigenvalue weighted by atomic mass is 32.2. The van der Waals surface area contributed by atoms with E-state index in [-0.39, 0.29) is 10.3 Å². The molecule has 1 spiro atoms. The average molecular weight is 451 g/mol. The summed E-state index contributed by atoms with van der Waals surface area (Å²) in [6.07, 6.45) is 4.00. The van der Waals surface area contributed by atoms with Crippen LogP contribution < -0.4 is 14.2 Å². The molecule has 2 aromatic rings. The lowest BCUT2D eigenvalue weighted by molar-refractivity contribution is 0.234. The van der Waals surface area contributed by atoms with Crippen molar-refractivity contribution in [3.8, 4) is 17.2 Å². The molecule has 0 unspecified atom stereocenters. The molecule has 2 aromatic carbocycles. The third-order valence-corrected chi connectivity index (χ3v) is 7.60. The predicted molar refractivity (Wildman–Crippen MR) is 113 cm³/mol. The first-order chi connectivity index (χ1) is 14.7. The second-order valence-corrected chi connectivity index (χ2v) is 9.97. The van der Waals surface area contributed by atoms with Gasteiger partial charge in [-0.3, -0.25) is 0 Å². The Labute approximate surface area is 180 Å². The Balaban J connectivity index is 1.81. The van der Waals surface area contributed by atoms with E-state index in [0.29, 0.717) is 17.2 Å². The second-order valence-electron chi connectivity index (χ2n) is 8.05. The monoisotopic (exact) mass is 450 g/mol. The zero-order valence-corrected chi connectivity index (χ0v) is 18.4. The zero-order valence-electron chi connectivity index (χ0n) is 17.6. The fraction of sp³-hybridized carbons (Fsp3) is 0.391. The summed E-state index contributed by atoms with van der Waals surface area (Å²) in [4.78, 5) is -0.375. The molecule has 0 atom stereocenters. The molecule has 0 aliphatic heterocycles. The molecule has 0 bridgehead atoms. The van der Waals surface area contributed by atoms with Crippen molar-refractivity contribution in [2.24, 2.45) is 5.41 Å². The van der Waals surface area contributed by atoms with E-state index in [9.17, 15) is 17.2 Å². The maximum atomic E-state index is 12.9. The highest BCUT2D eigenvalue weighted by Gasteiger charge is 2.48. The summed E-state index contributed by atoms with van der Waals surface area (Å²) in [5, 5.41) is 0. The van der Waals surface area contributed by atoms with E-state index >= 15 is 0 Å². The first-order valence-electron chi connectivity index (χ1n) is 9.89. The van der Waals surface area contributed by atoms with Gasteiger partial charge in [-0.25, -0.2) is 8.42 Å². The quantitative estimate of drug-likeness (QED) is 0.581. The van der Waals surface area contributed by atoms with Crippen LogP contribution in [0.15, 0.2) is 41.3 Å². The minimum atomic E-state index is -4.62. The van der Waals surface area contributed by atoms with Crippen molar-refractivity contribution in [3.63, 3.8) is 0 Å². The van der Waals surface area contributed by atoms with E-state index in [2.05, 4.69) is 0 Å². The third kappa shape index (κ3) is 3.78. The lowest BCUT2D eigenvalue weighted by Crippen LogP contribution is -2.11. The van der Waals surface area contributed by atoms with Crippen molar-refractivity contribution in [2.75, 3.05) is 21.3 Å². The number of benzene rings is 2. The maximum absolute atomic E-state index is 12.9. The molecule has 0 aromatic heterocycles. The fourth-order valence-corrected chi connectivity index (χ4v) is 5.03. The standard InChI is InChI=1S/C23H24F2O5S/c1-28-19-10-15(11-20(29-2)21(19)30-3)18-13-23(8-9-23)12-17(18)14-4-6-16(7-5-14)31(26,27)22(24)25/h4-7,10-11,22H,8-9,12-13H2,1-3H3. The van der Waals surface area contributed by atoms with Crippen molar-refractivity contribution in [1.82, 2.24) is 0 Å². The summed E-state index contributed by atoms with van der Waals surface area (Å²) in [7, 11) is 0.0648. The average Bonchev–Trinajstić information content (AvgIpc) is 3.42. The smallest absolute Gasteiger partial charge is 0.341 e. The van der Waals surface area contributed by atoms with Crippen LogP contribution in [0, 0.1) is 5.41 Å². The maximum Gasteiger partial charge on any atom is 0.341 e. The molecule has 4 rings (SSSR count). The summed E-state index contributed by atoms with van der Waals surface area (Å²) >= 11 is 0. The molecule has 2 aliphatic rings. The lowest BCUT2D eigenvalue weighted by atomic mass is 9.96. The van der Waals surface area contributed by atoms with E-state index in [0.717, 1.165) is 48.0 Å². The van der Waals surface area contributed by atoms with Crippen molar-refractivity contribution in [2.45, 2.75) is 36.3 Å². The van der Waals surface area contributed by atoms with Gasteiger partial charge in [0.15, 0.2) is 11.5 Å². The molecule has 1 saturated carbocycles. The molecular weight excluding hydrogens is 426 g/mol. The van der Waals surface area contributed by atoms with Gasteiger partial charge in [0.05, 0.1) is 26.2 Å². The number of allylic oxidation sites excluding steroid dienone is 2. The summed E-state index contributed by atoms with van der Waals surface area (Å²) in [5.74, 6) is -1.82. The van der Waals surface area contributed by atoms with Crippen molar-refractivity contribution in [3.05, 3.63) is 47.5 Å². The van der Waals surface area contributed by atoms with Crippen LogP contribution in [0.4, 0.5) is 8.78 Å². The van der Waals surface area contributed by atoms with Crippen LogP contribution >= 0.6 is 0 Å². The van der Waals surface area contributed by atoms with E-state index in [1.54, 1.807) is 33.5 Å². The Kier molecular flexibility index (Phi) is 5.45. The molecule has 5 nitrogen and oxygen atoms in total. The number of sulfone groups is 1. The second kappa shape index (κ2) is 7.82. The normalized spacial score (nSPS) is 17.4. The lowest BCUT2D eigenvalue weighted by Gasteiger charge is -2.16. The van der Waals surface area contributed by atoms with E-state index in [1.165, 1.54) is 12.1 Å². The highest BCUT2D eigenvalue weighted by Crippen LogP contribution is 2.63. The molecule has 0 radical (unpaired) electrons. The van der Waals surface area contributed by atoms with Crippen LogP contribution in [0.2, 0.25) is 0 Å². The van der Waals surface area contributed by atoms with Gasteiger partial charge in [0.25, 0.3) is 0 Å². The summed E-state index contributed by atoms with van der Waals surface area (Å²) in [6, 6.07) is 9.57. The van der Waals surface area contributed by atoms with Gasteiger partial charge < -0.3 is 14.2 Å². The molecule has 2 aliphatic carbocycles. The predicted octanol–water partition coefficient (Wildman–Crippen LogP) is 5.19. The van der Waals surface area contributed by atoms with Crippen molar-refractivity contribution >= 4 is 21.0 Å². The summed E-state index contributed by atoms with van der Waals surface area (Å²) in [5.41, 5.74) is 4.21. The van der Waals surface area contributed by atoms with Crippen molar-refractivity contribution < 1.29 is 31.4 Å². The number of alkyl halides is 2. The van der Waals surface area contributed by atoms with Crippen molar-refractivity contribution in [1.29, 1.82) is 0 Å². The Hall–Kier alpha value is -2.61. The first kappa shape index (κ1) is 21.6. The Morgan fingerprint density at radius 1 is 0.839 bits per heavy atom. The molecule has 0 saturated heterocycles. The minimum Gasteiger partial charge on any atom is -0.493 e. The molecule has 0 heterocycles. The molecular formula is C23H24F2O5S. The third-order valence-electron chi connectivity index (χ3n) is 6.20. The number of rotatable bonds is 7. The van der Waals surface area contributed by atoms with Gasteiger partial charge in [-0.05, 0) is 77.6 Å². The van der Waals surface area contributed by atoms with Gasteiger partial charge in [-0.1, -0.05) is 12.1 Å². The van der Waals surface area contributed by atoms with Crippen LogP contribution in [0.1, 0.15) is 36.8 Å². The largest absolute Gasteiger partial charge is 0.493 e. The Bertz CT molecular complexity index is 1110. The van der Waals surface area contributed by atoms with E-state index in [4.69, 9.17) is 14.2 Å². The molecule has 0 amide bonds. The number of halogens is 2. The van der Waals surface area contributed by atoms with Crippen LogP contribution in [0.25, 0.3) is 11.1 Å². The van der Waals surface area contributed by atoms with Crippen LogP contribution in [0.5, 0.6) is 17.2 Å². The first-order valence-corrected chi connectivity index (χ1v) is 11.4. The zero-order chi connectivity index (χ0) is 22.4. The van der Waals surface area contributed by atoms with Gasteiger partial charge in [0, 0.05) is 0 Å². The number of ether oxygens (including phenoxy) is 3. The van der Waals surface area contributed by atoms with Gasteiger partial charge >= 0.3 is 5.76 Å². The van der Waals surface area contributed by atoms with Gasteiger partial charge in [-0.2, -0.15) is 8.78 Å². The fourth-order valence-electron chi connectivity index (χ4n) is 4.31. The molecule has 1 fully saturated rings. The minimum absolute atomic E-state index is 0.221. The summed E-state index contributed by atoms with van der Waals surface area (Å²) < 4.78 is 65.7. The number of hydrogen-bond donors (Lipinski definition) is 0. The highest BCUT2D eigenvalue weighted by molar-refractivity contribution is 7.91. The van der Waals surface area contributed by atoms with Gasteiger partial charge in [-0.15, -0.1) is 0 Å². The topological polar surface area (TPSA) is 61.8 Å². The van der Waals surface area contributed by atoms with E-state index in [1.807, 2.05) is 12.1 Å². The summed E-state index contributed by atoms with van der Waals surface area (Å²) in [6.45, 7) is 0. The van der Waals surface area contributed by atoms with Crippen LogP contribution in [0.3, 0.4) is 0 Å². The van der Waals surface area contributed by atoms with Crippen LogP contribution in [-0.2, 0) is 9.84 Å². The molecule has 166 valence electrons. The molecule has 0 N–H and O–H groups in total. The Morgan fingerprint density at radius 2 is 1.35 bits per heavy atom. The van der Waals surface area contributed by atoms with Gasteiger partial charge in [0.2, 0.25) is 15.6 Å².